The fourth-order valence-corrected chi connectivity index (χ4v) is 1.49. The third-order valence-electron chi connectivity index (χ3n) is 2.73. The molecule has 4 nitrogen and oxygen atoms in total. The molecule has 15 heavy (non-hydrogen) atoms. The summed E-state index contributed by atoms with van der Waals surface area (Å²) < 4.78 is 0. The van der Waals surface area contributed by atoms with Gasteiger partial charge in [0, 0.05) is 13.0 Å². The van der Waals surface area contributed by atoms with Crippen molar-refractivity contribution in [3.05, 3.63) is 17.1 Å². The standard InChI is InChI=1S/C11H15N3O/c1-6-7(2)14-11(12-3)9(13-6)10(15)8-4-5-8/h8H,4-5H2,1-3H3,(H,12,14). The summed E-state index contributed by atoms with van der Waals surface area (Å²) in [4.78, 5) is 20.6. The summed E-state index contributed by atoms with van der Waals surface area (Å²) in [6, 6.07) is 0. The van der Waals surface area contributed by atoms with Gasteiger partial charge in [-0.2, -0.15) is 0 Å². The van der Waals surface area contributed by atoms with Crippen LogP contribution in [0.5, 0.6) is 0 Å². The van der Waals surface area contributed by atoms with E-state index in [-0.39, 0.29) is 11.7 Å². The smallest absolute Gasteiger partial charge is 0.188 e. The first-order chi connectivity index (χ1) is 7.13. The van der Waals surface area contributed by atoms with Crippen molar-refractivity contribution in [1.29, 1.82) is 0 Å². The molecule has 2 rings (SSSR count). The van der Waals surface area contributed by atoms with Crippen molar-refractivity contribution in [2.75, 3.05) is 12.4 Å². The molecule has 0 saturated heterocycles. The van der Waals surface area contributed by atoms with Crippen molar-refractivity contribution < 1.29 is 4.79 Å². The van der Waals surface area contributed by atoms with Gasteiger partial charge in [0.1, 0.15) is 5.69 Å². The van der Waals surface area contributed by atoms with E-state index in [1.165, 1.54) is 0 Å². The van der Waals surface area contributed by atoms with E-state index in [4.69, 9.17) is 0 Å². The maximum absolute atomic E-state index is 11.9. The predicted octanol–water partition coefficient (Wildman–Crippen LogP) is 1.73. The number of carbonyl (C=O) groups excluding carboxylic acids is 1. The summed E-state index contributed by atoms with van der Waals surface area (Å²) in [5, 5.41) is 2.93. The van der Waals surface area contributed by atoms with Crippen LogP contribution in [0.3, 0.4) is 0 Å². The van der Waals surface area contributed by atoms with Crippen LogP contribution in [-0.2, 0) is 0 Å². The van der Waals surface area contributed by atoms with Crippen molar-refractivity contribution in [3.8, 4) is 0 Å². The maximum Gasteiger partial charge on any atom is 0.188 e. The van der Waals surface area contributed by atoms with Gasteiger partial charge >= 0.3 is 0 Å². The van der Waals surface area contributed by atoms with Gasteiger partial charge in [-0.05, 0) is 26.7 Å². The van der Waals surface area contributed by atoms with Crippen molar-refractivity contribution >= 4 is 11.6 Å². The van der Waals surface area contributed by atoms with Gasteiger partial charge in [0.25, 0.3) is 0 Å². The summed E-state index contributed by atoms with van der Waals surface area (Å²) in [7, 11) is 1.77. The first-order valence-electron chi connectivity index (χ1n) is 5.20. The Morgan fingerprint density at radius 2 is 1.87 bits per heavy atom. The topological polar surface area (TPSA) is 54.9 Å². The van der Waals surface area contributed by atoms with Crippen LogP contribution in [0.4, 0.5) is 5.82 Å². The van der Waals surface area contributed by atoms with E-state index in [9.17, 15) is 4.79 Å². The summed E-state index contributed by atoms with van der Waals surface area (Å²) in [5.41, 5.74) is 2.20. The zero-order chi connectivity index (χ0) is 11.0. The monoisotopic (exact) mass is 205 g/mol. The Kier molecular flexibility index (Phi) is 2.42. The molecule has 0 aliphatic heterocycles. The van der Waals surface area contributed by atoms with Crippen molar-refractivity contribution in [2.45, 2.75) is 26.7 Å². The Hall–Kier alpha value is -1.45. The molecule has 0 radical (unpaired) electrons. The van der Waals surface area contributed by atoms with Crippen molar-refractivity contribution in [1.82, 2.24) is 9.97 Å². The average Bonchev–Trinajstić information content (AvgIpc) is 3.04. The Bertz CT molecular complexity index is 411. The fraction of sp³-hybridized carbons (Fsp3) is 0.545. The molecule has 1 aliphatic rings. The molecule has 1 N–H and O–H groups in total. The van der Waals surface area contributed by atoms with Crippen LogP contribution in [0, 0.1) is 19.8 Å². The van der Waals surface area contributed by atoms with Crippen LogP contribution < -0.4 is 5.32 Å². The number of aromatic nitrogens is 2. The van der Waals surface area contributed by atoms with E-state index in [2.05, 4.69) is 15.3 Å². The van der Waals surface area contributed by atoms with Gasteiger partial charge in [-0.25, -0.2) is 9.97 Å². The fourth-order valence-electron chi connectivity index (χ4n) is 1.49. The van der Waals surface area contributed by atoms with Crippen LogP contribution in [-0.4, -0.2) is 22.8 Å². The largest absolute Gasteiger partial charge is 0.371 e. The van der Waals surface area contributed by atoms with Crippen molar-refractivity contribution in [3.63, 3.8) is 0 Å². The number of Topliss-reactive ketones (excluding diaryl/α,β-unsaturated/α-hetero) is 1. The molecule has 1 fully saturated rings. The molecular weight excluding hydrogens is 190 g/mol. The summed E-state index contributed by atoms with van der Waals surface area (Å²) in [6.45, 7) is 3.78. The molecule has 0 aromatic carbocycles. The minimum atomic E-state index is 0.134. The van der Waals surface area contributed by atoms with Crippen LogP contribution >= 0.6 is 0 Å². The van der Waals surface area contributed by atoms with E-state index >= 15 is 0 Å². The maximum atomic E-state index is 11.9. The molecule has 0 bridgehead atoms. The van der Waals surface area contributed by atoms with Gasteiger partial charge in [-0.3, -0.25) is 4.79 Å². The number of anilines is 1. The van der Waals surface area contributed by atoms with E-state index in [1.807, 2.05) is 13.8 Å². The third kappa shape index (κ3) is 1.84. The van der Waals surface area contributed by atoms with Crippen molar-refractivity contribution in [2.24, 2.45) is 5.92 Å². The van der Waals surface area contributed by atoms with Gasteiger partial charge in [0.05, 0.1) is 11.4 Å². The third-order valence-corrected chi connectivity index (χ3v) is 2.73. The quantitative estimate of drug-likeness (QED) is 0.763. The van der Waals surface area contributed by atoms with Crippen LogP contribution in [0.1, 0.15) is 34.7 Å². The van der Waals surface area contributed by atoms with E-state index < -0.39 is 0 Å². The first kappa shape index (κ1) is 10.1. The van der Waals surface area contributed by atoms with E-state index in [0.29, 0.717) is 11.5 Å². The highest BCUT2D eigenvalue weighted by molar-refractivity contribution is 6.01. The lowest BCUT2D eigenvalue weighted by atomic mass is 10.2. The number of ketones is 1. The normalized spacial score (nSPS) is 15.1. The summed E-state index contributed by atoms with van der Waals surface area (Å²) in [6.07, 6.45) is 1.99. The number of hydrogen-bond acceptors (Lipinski definition) is 4. The lowest BCUT2D eigenvalue weighted by Crippen LogP contribution is -2.12. The minimum Gasteiger partial charge on any atom is -0.371 e. The molecule has 80 valence electrons. The number of aryl methyl sites for hydroxylation is 2. The summed E-state index contributed by atoms with van der Waals surface area (Å²) in [5.74, 6) is 0.929. The Labute approximate surface area is 89.1 Å². The molecular formula is C11H15N3O. The number of rotatable bonds is 3. The molecule has 0 unspecified atom stereocenters. The van der Waals surface area contributed by atoms with Gasteiger partial charge in [0.2, 0.25) is 0 Å². The molecule has 1 aromatic heterocycles. The highest BCUT2D eigenvalue weighted by Crippen LogP contribution is 2.33. The molecule has 1 aromatic rings. The summed E-state index contributed by atoms with van der Waals surface area (Å²) >= 11 is 0. The molecule has 4 heteroatoms. The molecule has 1 aliphatic carbocycles. The highest BCUT2D eigenvalue weighted by Gasteiger charge is 2.33. The first-order valence-corrected chi connectivity index (χ1v) is 5.20. The lowest BCUT2D eigenvalue weighted by Gasteiger charge is -2.08. The number of hydrogen-bond donors (Lipinski definition) is 1. The van der Waals surface area contributed by atoms with Gasteiger partial charge < -0.3 is 5.32 Å². The molecule has 1 heterocycles. The van der Waals surface area contributed by atoms with Gasteiger partial charge in [-0.15, -0.1) is 0 Å². The Balaban J connectivity index is 2.43. The van der Waals surface area contributed by atoms with E-state index in [0.717, 1.165) is 24.2 Å². The minimum absolute atomic E-state index is 0.134. The molecule has 1 saturated carbocycles. The van der Waals surface area contributed by atoms with Crippen LogP contribution in [0.2, 0.25) is 0 Å². The van der Waals surface area contributed by atoms with Gasteiger partial charge in [-0.1, -0.05) is 0 Å². The SMILES string of the molecule is CNc1nc(C)c(C)nc1C(=O)C1CC1. The zero-order valence-corrected chi connectivity index (χ0v) is 9.29. The molecule has 0 amide bonds. The lowest BCUT2D eigenvalue weighted by molar-refractivity contribution is 0.0963. The predicted molar refractivity (Wildman–Crippen MR) is 58.1 cm³/mol. The highest BCUT2D eigenvalue weighted by atomic mass is 16.1. The number of carbonyl (C=O) groups is 1. The second-order valence-corrected chi connectivity index (χ2v) is 3.98. The van der Waals surface area contributed by atoms with Crippen LogP contribution in [0.15, 0.2) is 0 Å². The Morgan fingerprint density at radius 1 is 1.27 bits per heavy atom. The average molecular weight is 205 g/mol. The second-order valence-electron chi connectivity index (χ2n) is 3.98. The molecule has 0 spiro atoms. The molecule has 0 atom stereocenters. The zero-order valence-electron chi connectivity index (χ0n) is 9.29. The number of nitrogens with zero attached hydrogens (tertiary/aromatic N) is 2. The second kappa shape index (κ2) is 3.61. The number of nitrogens with one attached hydrogen (secondary N) is 1. The van der Waals surface area contributed by atoms with Gasteiger partial charge in [0.15, 0.2) is 11.6 Å². The van der Waals surface area contributed by atoms with Crippen LogP contribution in [0.25, 0.3) is 0 Å². The van der Waals surface area contributed by atoms with E-state index in [1.54, 1.807) is 7.05 Å². The Morgan fingerprint density at radius 3 is 2.40 bits per heavy atom.